The Labute approximate surface area is 196 Å². The SMILES string of the molecule is Cc1ccc(-c2nc(SCC(=O)Nc3ccc(S(N)(=O)=O)cc3Br)[nH]c(=O)c2C#N)cc1. The fourth-order valence-electron chi connectivity index (χ4n) is 2.64. The van der Waals surface area contributed by atoms with E-state index in [9.17, 15) is 23.3 Å². The van der Waals surface area contributed by atoms with Gasteiger partial charge in [-0.05, 0) is 41.1 Å². The summed E-state index contributed by atoms with van der Waals surface area (Å²) >= 11 is 4.19. The second-order valence-electron chi connectivity index (χ2n) is 6.60. The number of primary sulfonamides is 1. The molecule has 164 valence electrons. The van der Waals surface area contributed by atoms with Gasteiger partial charge in [-0.15, -0.1) is 0 Å². The number of sulfonamides is 1. The smallest absolute Gasteiger partial charge is 0.270 e. The molecule has 0 bridgehead atoms. The van der Waals surface area contributed by atoms with E-state index in [1.54, 1.807) is 12.1 Å². The van der Waals surface area contributed by atoms with Gasteiger partial charge in [0, 0.05) is 10.0 Å². The number of nitriles is 1. The molecule has 0 aliphatic rings. The Morgan fingerprint density at radius 3 is 2.56 bits per heavy atom. The van der Waals surface area contributed by atoms with Crippen molar-refractivity contribution in [1.82, 2.24) is 9.97 Å². The number of nitrogens with one attached hydrogen (secondary N) is 2. The molecule has 9 nitrogen and oxygen atoms in total. The van der Waals surface area contributed by atoms with Gasteiger partial charge in [0.15, 0.2) is 5.16 Å². The zero-order valence-corrected chi connectivity index (χ0v) is 19.8. The van der Waals surface area contributed by atoms with E-state index in [-0.39, 0.29) is 27.1 Å². The van der Waals surface area contributed by atoms with Gasteiger partial charge >= 0.3 is 0 Å². The minimum atomic E-state index is -3.87. The Balaban J connectivity index is 1.77. The van der Waals surface area contributed by atoms with E-state index in [1.165, 1.54) is 18.2 Å². The fraction of sp³-hybridized carbons (Fsp3) is 0.100. The highest BCUT2D eigenvalue weighted by atomic mass is 79.9. The summed E-state index contributed by atoms with van der Waals surface area (Å²) in [5.74, 6) is -0.506. The molecule has 0 atom stereocenters. The molecule has 0 unspecified atom stereocenters. The summed E-state index contributed by atoms with van der Waals surface area (Å²) < 4.78 is 23.2. The first kappa shape index (κ1) is 23.7. The van der Waals surface area contributed by atoms with Gasteiger partial charge in [0.1, 0.15) is 11.6 Å². The molecule has 0 saturated heterocycles. The number of hydrogen-bond donors (Lipinski definition) is 3. The molecule has 1 amide bonds. The number of aromatic nitrogens is 2. The quantitative estimate of drug-likeness (QED) is 0.324. The number of H-pyrrole nitrogens is 1. The van der Waals surface area contributed by atoms with Crippen molar-refractivity contribution in [3.05, 3.63) is 68.4 Å². The van der Waals surface area contributed by atoms with Gasteiger partial charge < -0.3 is 10.3 Å². The summed E-state index contributed by atoms with van der Waals surface area (Å²) in [5.41, 5.74) is 1.52. The van der Waals surface area contributed by atoms with Crippen molar-refractivity contribution in [2.75, 3.05) is 11.1 Å². The molecule has 3 rings (SSSR count). The lowest BCUT2D eigenvalue weighted by molar-refractivity contribution is -0.113. The maximum atomic E-state index is 12.4. The fourth-order valence-corrected chi connectivity index (χ4v) is 4.47. The topological polar surface area (TPSA) is 159 Å². The van der Waals surface area contributed by atoms with Crippen LogP contribution in [0.4, 0.5) is 5.69 Å². The van der Waals surface area contributed by atoms with Crippen LogP contribution < -0.4 is 16.0 Å². The van der Waals surface area contributed by atoms with Crippen molar-refractivity contribution in [3.8, 4) is 17.3 Å². The van der Waals surface area contributed by atoms with Gasteiger partial charge in [-0.1, -0.05) is 41.6 Å². The zero-order chi connectivity index (χ0) is 23.5. The van der Waals surface area contributed by atoms with E-state index >= 15 is 0 Å². The number of thioether (sulfide) groups is 1. The Morgan fingerprint density at radius 1 is 1.28 bits per heavy atom. The van der Waals surface area contributed by atoms with Crippen LogP contribution in [0.2, 0.25) is 0 Å². The maximum Gasteiger partial charge on any atom is 0.270 e. The molecular weight excluding hydrogens is 518 g/mol. The van der Waals surface area contributed by atoms with Crippen molar-refractivity contribution < 1.29 is 13.2 Å². The van der Waals surface area contributed by atoms with Gasteiger partial charge in [0.2, 0.25) is 15.9 Å². The number of nitrogens with zero attached hydrogens (tertiary/aromatic N) is 2. The molecule has 12 heteroatoms. The molecule has 0 aliphatic heterocycles. The number of aromatic amines is 1. The third kappa shape index (κ3) is 5.63. The summed E-state index contributed by atoms with van der Waals surface area (Å²) in [7, 11) is -3.87. The highest BCUT2D eigenvalue weighted by Gasteiger charge is 2.16. The van der Waals surface area contributed by atoms with Crippen molar-refractivity contribution in [1.29, 1.82) is 5.26 Å². The Hall–Kier alpha value is -2.98. The third-order valence-electron chi connectivity index (χ3n) is 4.22. The lowest BCUT2D eigenvalue weighted by Crippen LogP contribution is -2.18. The molecule has 32 heavy (non-hydrogen) atoms. The molecular formula is C20H16BrN5O4S2. The van der Waals surface area contributed by atoms with Crippen LogP contribution in [0.15, 0.2) is 61.8 Å². The maximum absolute atomic E-state index is 12.4. The number of carbonyl (C=O) groups is 1. The van der Waals surface area contributed by atoms with Gasteiger partial charge in [-0.25, -0.2) is 18.5 Å². The van der Waals surface area contributed by atoms with E-state index in [4.69, 9.17) is 5.14 Å². The van der Waals surface area contributed by atoms with Crippen LogP contribution in [0, 0.1) is 18.3 Å². The Bertz CT molecular complexity index is 1400. The van der Waals surface area contributed by atoms with Crippen molar-refractivity contribution in [3.63, 3.8) is 0 Å². The monoisotopic (exact) mass is 533 g/mol. The van der Waals surface area contributed by atoms with E-state index < -0.39 is 21.5 Å². The highest BCUT2D eigenvalue weighted by Crippen LogP contribution is 2.26. The summed E-state index contributed by atoms with van der Waals surface area (Å²) in [6.07, 6.45) is 0. The molecule has 4 N–H and O–H groups in total. The Kier molecular flexibility index (Phi) is 7.15. The summed E-state index contributed by atoms with van der Waals surface area (Å²) in [6, 6.07) is 13.1. The average Bonchev–Trinajstić information content (AvgIpc) is 2.73. The second kappa shape index (κ2) is 9.66. The summed E-state index contributed by atoms with van der Waals surface area (Å²) in [4.78, 5) is 31.4. The largest absolute Gasteiger partial charge is 0.324 e. The van der Waals surface area contributed by atoms with Gasteiger partial charge in [-0.3, -0.25) is 9.59 Å². The first-order chi connectivity index (χ1) is 15.1. The van der Waals surface area contributed by atoms with Gasteiger partial charge in [0.05, 0.1) is 22.0 Å². The molecule has 0 fully saturated rings. The van der Waals surface area contributed by atoms with Crippen molar-refractivity contribution in [2.45, 2.75) is 17.0 Å². The molecule has 1 heterocycles. The number of aryl methyl sites for hydroxylation is 1. The van der Waals surface area contributed by atoms with E-state index in [0.29, 0.717) is 15.7 Å². The van der Waals surface area contributed by atoms with Crippen LogP contribution in [-0.4, -0.2) is 30.0 Å². The summed E-state index contributed by atoms with van der Waals surface area (Å²) in [5, 5.41) is 17.3. The number of benzene rings is 2. The van der Waals surface area contributed by atoms with Crippen LogP contribution in [0.5, 0.6) is 0 Å². The number of carbonyl (C=O) groups excluding carboxylic acids is 1. The third-order valence-corrected chi connectivity index (χ3v) is 6.66. The number of nitrogens with two attached hydrogens (primary N) is 1. The lowest BCUT2D eigenvalue weighted by atomic mass is 10.1. The Morgan fingerprint density at radius 2 is 1.97 bits per heavy atom. The van der Waals surface area contributed by atoms with Crippen LogP contribution in [-0.2, 0) is 14.8 Å². The van der Waals surface area contributed by atoms with E-state index in [1.807, 2.05) is 25.1 Å². The number of rotatable bonds is 6. The number of anilines is 1. The van der Waals surface area contributed by atoms with E-state index in [0.717, 1.165) is 17.3 Å². The molecule has 2 aromatic carbocycles. The zero-order valence-electron chi connectivity index (χ0n) is 16.5. The van der Waals surface area contributed by atoms with Gasteiger partial charge in [-0.2, -0.15) is 5.26 Å². The average molecular weight is 534 g/mol. The first-order valence-electron chi connectivity index (χ1n) is 8.95. The molecule has 0 aliphatic carbocycles. The molecule has 0 saturated carbocycles. The molecule has 0 radical (unpaired) electrons. The first-order valence-corrected chi connectivity index (χ1v) is 12.3. The van der Waals surface area contributed by atoms with Crippen LogP contribution >= 0.6 is 27.7 Å². The van der Waals surface area contributed by atoms with Crippen molar-refractivity contribution in [2.24, 2.45) is 5.14 Å². The molecule has 1 aromatic heterocycles. The second-order valence-corrected chi connectivity index (χ2v) is 9.98. The standard InChI is InChI=1S/C20H16BrN5O4S2/c1-11-2-4-12(5-3-11)18-14(9-22)19(28)26-20(25-18)31-10-17(27)24-16-7-6-13(8-15(16)21)32(23,29)30/h2-8H,10H2,1H3,(H,24,27)(H2,23,29,30)(H,25,26,28). The molecule has 0 spiro atoms. The summed E-state index contributed by atoms with van der Waals surface area (Å²) in [6.45, 7) is 1.92. The van der Waals surface area contributed by atoms with Crippen molar-refractivity contribution >= 4 is 49.3 Å². The van der Waals surface area contributed by atoms with Crippen LogP contribution in [0.1, 0.15) is 11.1 Å². The van der Waals surface area contributed by atoms with Crippen LogP contribution in [0.3, 0.4) is 0 Å². The predicted octanol–water partition coefficient (Wildman–Crippen LogP) is 2.76. The number of amides is 1. The predicted molar refractivity (Wildman–Crippen MR) is 125 cm³/mol. The van der Waals surface area contributed by atoms with E-state index in [2.05, 4.69) is 31.2 Å². The lowest BCUT2D eigenvalue weighted by Gasteiger charge is -2.09. The highest BCUT2D eigenvalue weighted by molar-refractivity contribution is 9.10. The minimum absolute atomic E-state index is 0.0917. The number of hydrogen-bond acceptors (Lipinski definition) is 7. The normalized spacial score (nSPS) is 11.1. The van der Waals surface area contributed by atoms with Gasteiger partial charge in [0.25, 0.3) is 5.56 Å². The van der Waals surface area contributed by atoms with Crippen LogP contribution in [0.25, 0.3) is 11.3 Å². The molecule has 3 aromatic rings. The minimum Gasteiger partial charge on any atom is -0.324 e. The number of halogens is 1.